The van der Waals surface area contributed by atoms with E-state index in [9.17, 15) is 4.79 Å². The zero-order valence-corrected chi connectivity index (χ0v) is 17.1. The molecule has 0 bridgehead atoms. The Morgan fingerprint density at radius 3 is 2.83 bits per heavy atom. The van der Waals surface area contributed by atoms with Crippen LogP contribution in [0.2, 0.25) is 0 Å². The number of esters is 1. The molecule has 9 heteroatoms. The number of carbonyl (C=O) groups is 1. The van der Waals surface area contributed by atoms with Gasteiger partial charge >= 0.3 is 5.97 Å². The summed E-state index contributed by atoms with van der Waals surface area (Å²) >= 11 is 1.55. The maximum atomic E-state index is 11.2. The van der Waals surface area contributed by atoms with Gasteiger partial charge in [0.2, 0.25) is 0 Å². The molecule has 0 amide bonds. The number of aromatic nitrogens is 5. The third kappa shape index (κ3) is 3.77. The fraction of sp³-hybridized carbons (Fsp3) is 0.300. The predicted molar refractivity (Wildman–Crippen MR) is 113 cm³/mol. The van der Waals surface area contributed by atoms with E-state index < -0.39 is 0 Å². The molecule has 0 saturated heterocycles. The number of fused-ring (bicyclic) bond motifs is 2. The van der Waals surface area contributed by atoms with Gasteiger partial charge in [0.1, 0.15) is 12.9 Å². The highest BCUT2D eigenvalue weighted by atomic mass is 32.2. The third-order valence-electron chi connectivity index (χ3n) is 4.56. The summed E-state index contributed by atoms with van der Waals surface area (Å²) in [6, 6.07) is 10.5. The van der Waals surface area contributed by atoms with Gasteiger partial charge in [-0.15, -0.1) is 0 Å². The maximum absolute atomic E-state index is 11.2. The first kappa shape index (κ1) is 19.3. The van der Waals surface area contributed by atoms with Crippen molar-refractivity contribution in [3.8, 4) is 0 Å². The lowest BCUT2D eigenvalue weighted by Crippen LogP contribution is -2.10. The van der Waals surface area contributed by atoms with Crippen molar-refractivity contribution in [3.05, 3.63) is 36.7 Å². The summed E-state index contributed by atoms with van der Waals surface area (Å²) in [4.78, 5) is 24.3. The Kier molecular flexibility index (Phi) is 5.39. The second-order valence-corrected chi connectivity index (χ2v) is 7.60. The van der Waals surface area contributed by atoms with Crippen molar-refractivity contribution >= 4 is 45.6 Å². The number of nitrogens with two attached hydrogens (primary N) is 1. The summed E-state index contributed by atoms with van der Waals surface area (Å²) in [5.41, 5.74) is 8.40. The summed E-state index contributed by atoms with van der Waals surface area (Å²) in [7, 11) is 0. The van der Waals surface area contributed by atoms with Gasteiger partial charge in [-0.1, -0.05) is 25.1 Å². The van der Waals surface area contributed by atoms with Crippen LogP contribution < -0.4 is 5.73 Å². The Balaban J connectivity index is 1.77. The highest BCUT2D eigenvalue weighted by Gasteiger charge is 2.18. The number of rotatable bonds is 7. The summed E-state index contributed by atoms with van der Waals surface area (Å²) < 4.78 is 9.36. The molecule has 0 aliphatic rings. The van der Waals surface area contributed by atoms with E-state index in [1.165, 1.54) is 24.2 Å². The zero-order valence-electron chi connectivity index (χ0n) is 16.3. The Hall–Kier alpha value is -3.07. The molecule has 4 rings (SSSR count). The van der Waals surface area contributed by atoms with Gasteiger partial charge in [0.15, 0.2) is 22.1 Å². The van der Waals surface area contributed by atoms with Crippen LogP contribution in [0.5, 0.6) is 0 Å². The number of carbonyl (C=O) groups excluding carboxylic acids is 1. The minimum atomic E-state index is -0.319. The Morgan fingerprint density at radius 1 is 1.21 bits per heavy atom. The molecular formula is C20H22N6O2S. The van der Waals surface area contributed by atoms with Crippen LogP contribution >= 0.6 is 11.8 Å². The number of ether oxygens (including phenoxy) is 1. The van der Waals surface area contributed by atoms with Crippen LogP contribution in [0.15, 0.2) is 46.8 Å². The molecule has 0 unspecified atom stereocenters. The van der Waals surface area contributed by atoms with E-state index in [0.29, 0.717) is 23.5 Å². The smallest absolute Gasteiger partial charge is 0.302 e. The number of hydrogen-bond acceptors (Lipinski definition) is 7. The molecule has 3 heterocycles. The summed E-state index contributed by atoms with van der Waals surface area (Å²) in [5, 5.41) is 3.01. The van der Waals surface area contributed by atoms with E-state index in [0.717, 1.165) is 23.1 Å². The minimum Gasteiger partial charge on any atom is -0.464 e. The second-order valence-electron chi connectivity index (χ2n) is 6.61. The van der Waals surface area contributed by atoms with Crippen molar-refractivity contribution in [1.29, 1.82) is 0 Å². The summed E-state index contributed by atoms with van der Waals surface area (Å²) in [6.45, 7) is 5.13. The van der Waals surface area contributed by atoms with Crippen molar-refractivity contribution < 1.29 is 9.53 Å². The van der Waals surface area contributed by atoms with Crippen LogP contribution in [0.25, 0.3) is 22.1 Å². The fourth-order valence-electron chi connectivity index (χ4n) is 3.31. The van der Waals surface area contributed by atoms with Crippen LogP contribution in [0, 0.1) is 0 Å². The topological polar surface area (TPSA) is 101 Å². The number of nitrogen functional groups attached to an aromatic ring is 1. The van der Waals surface area contributed by atoms with Crippen molar-refractivity contribution in [2.24, 2.45) is 0 Å². The Morgan fingerprint density at radius 2 is 2.03 bits per heavy atom. The largest absolute Gasteiger partial charge is 0.464 e. The molecule has 0 atom stereocenters. The van der Waals surface area contributed by atoms with E-state index in [2.05, 4.69) is 39.7 Å². The quantitative estimate of drug-likeness (QED) is 0.465. The zero-order chi connectivity index (χ0) is 20.4. The van der Waals surface area contributed by atoms with Gasteiger partial charge in [-0.2, -0.15) is 0 Å². The molecule has 0 fully saturated rings. The molecule has 0 radical (unpaired) electrons. The lowest BCUT2D eigenvalue weighted by Gasteiger charge is -2.11. The van der Waals surface area contributed by atoms with Crippen LogP contribution in [0.4, 0.5) is 5.82 Å². The number of anilines is 1. The number of hydrogen-bond donors (Lipinski definition) is 1. The first-order valence-electron chi connectivity index (χ1n) is 9.44. The Labute approximate surface area is 172 Å². The van der Waals surface area contributed by atoms with Gasteiger partial charge in [0, 0.05) is 24.4 Å². The monoisotopic (exact) mass is 410 g/mol. The highest BCUT2D eigenvalue weighted by Crippen LogP contribution is 2.34. The molecule has 0 aliphatic carbocycles. The Bertz CT molecular complexity index is 1180. The molecule has 8 nitrogen and oxygen atoms in total. The van der Waals surface area contributed by atoms with Crippen LogP contribution in [-0.4, -0.2) is 36.7 Å². The highest BCUT2D eigenvalue weighted by molar-refractivity contribution is 7.99. The maximum Gasteiger partial charge on any atom is 0.302 e. The van der Waals surface area contributed by atoms with E-state index in [1.807, 2.05) is 16.7 Å². The fourth-order valence-corrected chi connectivity index (χ4v) is 4.41. The first-order chi connectivity index (χ1) is 14.1. The number of benzene rings is 1. The summed E-state index contributed by atoms with van der Waals surface area (Å²) in [5.74, 6) is 0.0121. The molecule has 1 aromatic carbocycles. The van der Waals surface area contributed by atoms with Crippen LogP contribution in [0.3, 0.4) is 0 Å². The SMILES string of the molecule is CCCn1c(Sc2nc3c(N)ncnc3n2CCOC(C)=O)cc2ccccc21. The van der Waals surface area contributed by atoms with E-state index in [4.69, 9.17) is 15.5 Å². The van der Waals surface area contributed by atoms with Crippen molar-refractivity contribution in [3.63, 3.8) is 0 Å². The van der Waals surface area contributed by atoms with Crippen LogP contribution in [-0.2, 0) is 22.6 Å². The standard InChI is InChI=1S/C20H22N6O2S/c1-3-8-25-15-7-5-4-6-14(15)11-16(25)29-20-24-17-18(21)22-12-23-19(17)26(20)9-10-28-13(2)27/h4-7,11-12H,3,8-10H2,1-2H3,(H2,21,22,23). The molecule has 4 aromatic rings. The minimum absolute atomic E-state index is 0.232. The number of nitrogens with zero attached hydrogens (tertiary/aromatic N) is 5. The number of imidazole rings is 1. The second kappa shape index (κ2) is 8.12. The molecule has 0 saturated carbocycles. The van der Waals surface area contributed by atoms with E-state index in [1.54, 1.807) is 11.8 Å². The van der Waals surface area contributed by atoms with Gasteiger partial charge in [0.05, 0.1) is 11.6 Å². The summed E-state index contributed by atoms with van der Waals surface area (Å²) in [6.07, 6.45) is 2.44. The van der Waals surface area contributed by atoms with Crippen LogP contribution in [0.1, 0.15) is 20.3 Å². The average Bonchev–Trinajstić information content (AvgIpc) is 3.22. The molecule has 0 spiro atoms. The average molecular weight is 411 g/mol. The molecule has 0 aliphatic heterocycles. The molecule has 2 N–H and O–H groups in total. The van der Waals surface area contributed by atoms with Gasteiger partial charge in [-0.3, -0.25) is 9.36 Å². The molecular weight excluding hydrogens is 388 g/mol. The van der Waals surface area contributed by atoms with Crippen molar-refractivity contribution in [2.75, 3.05) is 12.3 Å². The molecule has 150 valence electrons. The molecule has 3 aromatic heterocycles. The number of aryl methyl sites for hydroxylation is 1. The third-order valence-corrected chi connectivity index (χ3v) is 5.60. The van der Waals surface area contributed by atoms with E-state index in [-0.39, 0.29) is 12.6 Å². The van der Waals surface area contributed by atoms with Gasteiger partial charge < -0.3 is 15.0 Å². The normalized spacial score (nSPS) is 11.4. The van der Waals surface area contributed by atoms with Gasteiger partial charge in [-0.05, 0) is 30.3 Å². The van der Waals surface area contributed by atoms with Crippen molar-refractivity contribution in [2.45, 2.75) is 43.5 Å². The van der Waals surface area contributed by atoms with Gasteiger partial charge in [0.25, 0.3) is 0 Å². The lowest BCUT2D eigenvalue weighted by molar-refractivity contribution is -0.141. The van der Waals surface area contributed by atoms with Gasteiger partial charge in [-0.25, -0.2) is 15.0 Å². The number of para-hydroxylation sites is 1. The lowest BCUT2D eigenvalue weighted by atomic mass is 10.2. The molecule has 29 heavy (non-hydrogen) atoms. The van der Waals surface area contributed by atoms with E-state index >= 15 is 0 Å². The van der Waals surface area contributed by atoms with Crippen molar-refractivity contribution in [1.82, 2.24) is 24.1 Å². The predicted octanol–water partition coefficient (Wildman–Crippen LogP) is 3.49. The first-order valence-corrected chi connectivity index (χ1v) is 10.3.